The number of nitrogens with one attached hydrogen (secondary N) is 3. The number of hydrogen-bond donors (Lipinski definition) is 3. The van der Waals surface area contributed by atoms with Gasteiger partial charge in [-0.2, -0.15) is 0 Å². The van der Waals surface area contributed by atoms with Gasteiger partial charge in [-0.15, -0.1) is 0 Å². The molecule has 1 aromatic rings. The largest absolute Gasteiger partial charge is 0.495 e. The van der Waals surface area contributed by atoms with E-state index in [0.29, 0.717) is 18.0 Å². The van der Waals surface area contributed by atoms with Crippen LogP contribution in [0.4, 0.5) is 5.69 Å². The van der Waals surface area contributed by atoms with Gasteiger partial charge in [0.25, 0.3) is 0 Å². The Morgan fingerprint density at radius 1 is 1.43 bits per heavy atom. The number of rotatable bonds is 5. The molecule has 1 atom stereocenters. The van der Waals surface area contributed by atoms with Crippen molar-refractivity contribution in [1.29, 1.82) is 0 Å². The summed E-state index contributed by atoms with van der Waals surface area (Å²) < 4.78 is 32.4. The van der Waals surface area contributed by atoms with Crippen molar-refractivity contribution < 1.29 is 17.9 Å². The van der Waals surface area contributed by atoms with Crippen molar-refractivity contribution in [3.8, 4) is 5.75 Å². The maximum Gasteiger partial charge on any atom is 0.240 e. The standard InChI is InChI=1S/C13H19N3O4S/c1-9(17)15-12-7-11(3-4-13(12)20-2)21(18,19)16-10-5-6-14-8-10/h3-4,7,10,14,16H,5-6,8H2,1-2H3,(H,15,17)/t10-/m1/s1. The molecular weight excluding hydrogens is 294 g/mol. The smallest absolute Gasteiger partial charge is 0.240 e. The predicted molar refractivity (Wildman–Crippen MR) is 78.9 cm³/mol. The van der Waals surface area contributed by atoms with Crippen LogP contribution in [-0.4, -0.2) is 40.6 Å². The van der Waals surface area contributed by atoms with Gasteiger partial charge in [-0.05, 0) is 31.2 Å². The Morgan fingerprint density at radius 3 is 2.76 bits per heavy atom. The van der Waals surface area contributed by atoms with E-state index in [0.717, 1.165) is 13.0 Å². The molecule has 1 heterocycles. The fourth-order valence-electron chi connectivity index (χ4n) is 2.18. The van der Waals surface area contributed by atoms with Crippen LogP contribution in [0.2, 0.25) is 0 Å². The molecule has 1 aliphatic heterocycles. The number of carbonyl (C=O) groups is 1. The van der Waals surface area contributed by atoms with Crippen LogP contribution in [0.15, 0.2) is 23.1 Å². The van der Waals surface area contributed by atoms with Crippen LogP contribution in [-0.2, 0) is 14.8 Å². The van der Waals surface area contributed by atoms with E-state index in [4.69, 9.17) is 4.74 Å². The average molecular weight is 313 g/mol. The highest BCUT2D eigenvalue weighted by molar-refractivity contribution is 7.89. The summed E-state index contributed by atoms with van der Waals surface area (Å²) in [5.41, 5.74) is 0.331. The number of anilines is 1. The highest BCUT2D eigenvalue weighted by atomic mass is 32.2. The summed E-state index contributed by atoms with van der Waals surface area (Å²) in [4.78, 5) is 11.3. The molecule has 1 saturated heterocycles. The quantitative estimate of drug-likeness (QED) is 0.726. The van der Waals surface area contributed by atoms with Gasteiger partial charge in [0.15, 0.2) is 0 Å². The van der Waals surface area contributed by atoms with E-state index in [-0.39, 0.29) is 16.8 Å². The van der Waals surface area contributed by atoms with Crippen LogP contribution in [0.3, 0.4) is 0 Å². The van der Waals surface area contributed by atoms with Crippen LogP contribution < -0.4 is 20.1 Å². The molecule has 7 nitrogen and oxygen atoms in total. The number of amides is 1. The molecule has 1 aliphatic rings. The molecule has 116 valence electrons. The highest BCUT2D eigenvalue weighted by Crippen LogP contribution is 2.27. The Hall–Kier alpha value is -1.64. The van der Waals surface area contributed by atoms with Gasteiger partial charge in [-0.1, -0.05) is 0 Å². The van der Waals surface area contributed by atoms with Gasteiger partial charge < -0.3 is 15.4 Å². The summed E-state index contributed by atoms with van der Waals surface area (Å²) in [6, 6.07) is 4.26. The minimum absolute atomic E-state index is 0.0962. The number of hydrogen-bond acceptors (Lipinski definition) is 5. The van der Waals surface area contributed by atoms with Crippen LogP contribution >= 0.6 is 0 Å². The van der Waals surface area contributed by atoms with Crippen LogP contribution in [0.1, 0.15) is 13.3 Å². The fourth-order valence-corrected chi connectivity index (χ4v) is 3.48. The normalized spacial score (nSPS) is 18.5. The third kappa shape index (κ3) is 3.93. The first-order chi connectivity index (χ1) is 9.92. The zero-order valence-electron chi connectivity index (χ0n) is 12.0. The molecule has 0 unspecified atom stereocenters. The SMILES string of the molecule is COc1ccc(S(=O)(=O)N[C@@H]2CCNC2)cc1NC(C)=O. The molecule has 1 fully saturated rings. The molecule has 0 aromatic heterocycles. The van der Waals surface area contributed by atoms with Crippen molar-refractivity contribution in [1.82, 2.24) is 10.0 Å². The maximum atomic E-state index is 12.3. The van der Waals surface area contributed by atoms with E-state index >= 15 is 0 Å². The van der Waals surface area contributed by atoms with Gasteiger partial charge in [0, 0.05) is 19.5 Å². The molecule has 0 radical (unpaired) electrons. The number of benzene rings is 1. The van der Waals surface area contributed by atoms with E-state index < -0.39 is 10.0 Å². The second kappa shape index (κ2) is 6.42. The minimum Gasteiger partial charge on any atom is -0.495 e. The summed E-state index contributed by atoms with van der Waals surface area (Å²) in [6.45, 7) is 2.77. The van der Waals surface area contributed by atoms with Gasteiger partial charge in [0.2, 0.25) is 15.9 Å². The lowest BCUT2D eigenvalue weighted by molar-refractivity contribution is -0.114. The summed E-state index contributed by atoms with van der Waals surface area (Å²) in [5.74, 6) is 0.113. The Bertz CT molecular complexity index is 624. The Kier molecular flexibility index (Phi) is 4.81. The summed E-state index contributed by atoms with van der Waals surface area (Å²) in [7, 11) is -2.17. The first-order valence-corrected chi connectivity index (χ1v) is 8.09. The fraction of sp³-hybridized carbons (Fsp3) is 0.462. The average Bonchev–Trinajstić information content (AvgIpc) is 2.90. The van der Waals surface area contributed by atoms with Crippen molar-refractivity contribution in [2.24, 2.45) is 0 Å². The molecule has 1 aromatic carbocycles. The Balaban J connectivity index is 2.27. The Labute approximate surface area is 124 Å². The minimum atomic E-state index is -3.62. The lowest BCUT2D eigenvalue weighted by Gasteiger charge is -2.14. The van der Waals surface area contributed by atoms with Crippen LogP contribution in [0.5, 0.6) is 5.75 Å². The van der Waals surface area contributed by atoms with E-state index in [1.54, 1.807) is 0 Å². The van der Waals surface area contributed by atoms with E-state index in [9.17, 15) is 13.2 Å². The van der Waals surface area contributed by atoms with Gasteiger partial charge >= 0.3 is 0 Å². The molecule has 1 amide bonds. The monoisotopic (exact) mass is 313 g/mol. The predicted octanol–water partition coefficient (Wildman–Crippen LogP) is 0.294. The number of sulfonamides is 1. The zero-order chi connectivity index (χ0) is 15.5. The summed E-state index contributed by atoms with van der Waals surface area (Å²) in [6.07, 6.45) is 0.758. The maximum absolute atomic E-state index is 12.3. The van der Waals surface area contributed by atoms with Gasteiger partial charge in [-0.25, -0.2) is 13.1 Å². The molecule has 0 saturated carbocycles. The lowest BCUT2D eigenvalue weighted by atomic mass is 10.3. The second-order valence-electron chi connectivity index (χ2n) is 4.85. The second-order valence-corrected chi connectivity index (χ2v) is 6.57. The molecule has 0 spiro atoms. The van der Waals surface area contributed by atoms with Crippen molar-refractivity contribution in [3.05, 3.63) is 18.2 Å². The molecule has 0 bridgehead atoms. The van der Waals surface area contributed by atoms with E-state index in [1.165, 1.54) is 32.2 Å². The van der Waals surface area contributed by atoms with E-state index in [1.807, 2.05) is 0 Å². The number of ether oxygens (including phenoxy) is 1. The first kappa shape index (κ1) is 15.7. The number of methoxy groups -OCH3 is 1. The Morgan fingerprint density at radius 2 is 2.19 bits per heavy atom. The third-order valence-electron chi connectivity index (χ3n) is 3.17. The van der Waals surface area contributed by atoms with Gasteiger partial charge in [0.1, 0.15) is 5.75 Å². The summed E-state index contributed by atoms with van der Waals surface area (Å²) in [5, 5.41) is 5.66. The van der Waals surface area contributed by atoms with Gasteiger partial charge in [0.05, 0.1) is 17.7 Å². The number of carbonyl (C=O) groups excluding carboxylic acids is 1. The molecule has 2 rings (SSSR count). The van der Waals surface area contributed by atoms with Crippen LogP contribution in [0.25, 0.3) is 0 Å². The van der Waals surface area contributed by atoms with Crippen molar-refractivity contribution >= 4 is 21.6 Å². The zero-order valence-corrected chi connectivity index (χ0v) is 12.8. The molecule has 3 N–H and O–H groups in total. The van der Waals surface area contributed by atoms with Crippen molar-refractivity contribution in [2.75, 3.05) is 25.5 Å². The topological polar surface area (TPSA) is 96.5 Å². The summed E-state index contributed by atoms with van der Waals surface area (Å²) >= 11 is 0. The molecular formula is C13H19N3O4S. The molecule has 0 aliphatic carbocycles. The lowest BCUT2D eigenvalue weighted by Crippen LogP contribution is -2.36. The van der Waals surface area contributed by atoms with Crippen molar-refractivity contribution in [3.63, 3.8) is 0 Å². The van der Waals surface area contributed by atoms with Crippen LogP contribution in [0, 0.1) is 0 Å². The van der Waals surface area contributed by atoms with Gasteiger partial charge in [-0.3, -0.25) is 4.79 Å². The molecule has 21 heavy (non-hydrogen) atoms. The van der Waals surface area contributed by atoms with E-state index in [2.05, 4.69) is 15.4 Å². The van der Waals surface area contributed by atoms with Crippen molar-refractivity contribution in [2.45, 2.75) is 24.3 Å². The third-order valence-corrected chi connectivity index (χ3v) is 4.69. The highest BCUT2D eigenvalue weighted by Gasteiger charge is 2.23. The first-order valence-electron chi connectivity index (χ1n) is 6.61. The molecule has 8 heteroatoms.